The smallest absolute Gasteiger partial charge is 0.363 e. The third-order valence-corrected chi connectivity index (χ3v) is 3.33. The molecule has 8 heteroatoms. The van der Waals surface area contributed by atoms with Gasteiger partial charge in [0.15, 0.2) is 5.65 Å². The summed E-state index contributed by atoms with van der Waals surface area (Å²) in [5.41, 5.74) is 0.0200. The van der Waals surface area contributed by atoms with Gasteiger partial charge in [-0.25, -0.2) is 9.97 Å². The van der Waals surface area contributed by atoms with Gasteiger partial charge in [0.25, 0.3) is 0 Å². The molecule has 5 nitrogen and oxygen atoms in total. The molecule has 2 N–H and O–H groups in total. The van der Waals surface area contributed by atoms with E-state index in [0.717, 1.165) is 6.07 Å². The summed E-state index contributed by atoms with van der Waals surface area (Å²) < 4.78 is 39.2. The molecule has 0 unspecified atom stereocenters. The van der Waals surface area contributed by atoms with Crippen LogP contribution in [0.15, 0.2) is 36.8 Å². The molecule has 0 aliphatic heterocycles. The Kier molecular flexibility index (Phi) is 3.44. The highest BCUT2D eigenvalue weighted by Crippen LogP contribution is 2.35. The van der Waals surface area contributed by atoms with Crippen molar-refractivity contribution in [1.82, 2.24) is 20.2 Å². The summed E-state index contributed by atoms with van der Waals surface area (Å²) in [7, 11) is 0. The topological polar surface area (TPSA) is 66.5 Å². The van der Waals surface area contributed by atoms with Gasteiger partial charge in [-0.1, -0.05) is 18.2 Å². The molecule has 0 aliphatic carbocycles. The first-order chi connectivity index (χ1) is 10.5. The first-order valence-corrected chi connectivity index (χ1v) is 6.53. The Hall–Kier alpha value is -2.64. The van der Waals surface area contributed by atoms with E-state index in [1.807, 2.05) is 0 Å². The molecule has 0 aliphatic rings. The van der Waals surface area contributed by atoms with Crippen molar-refractivity contribution in [2.24, 2.45) is 0 Å². The molecule has 0 saturated carbocycles. The van der Waals surface area contributed by atoms with Crippen LogP contribution in [-0.2, 0) is 6.18 Å². The van der Waals surface area contributed by atoms with Gasteiger partial charge in [-0.05, 0) is 18.6 Å². The Balaban J connectivity index is 1.96. The van der Waals surface area contributed by atoms with Crippen LogP contribution >= 0.6 is 0 Å². The van der Waals surface area contributed by atoms with Crippen molar-refractivity contribution in [3.63, 3.8) is 0 Å². The fourth-order valence-corrected chi connectivity index (χ4v) is 2.30. The number of halogens is 3. The Labute approximate surface area is 123 Å². The number of hydrogen-bond acceptors (Lipinski definition) is 4. The van der Waals surface area contributed by atoms with E-state index >= 15 is 0 Å². The summed E-state index contributed by atoms with van der Waals surface area (Å²) in [6.07, 6.45) is -1.55. The first kappa shape index (κ1) is 14.3. The fourth-order valence-electron chi connectivity index (χ4n) is 2.30. The largest absolute Gasteiger partial charge is 0.416 e. The van der Waals surface area contributed by atoms with Gasteiger partial charge in [0, 0.05) is 0 Å². The molecule has 0 saturated heterocycles. The van der Waals surface area contributed by atoms with Gasteiger partial charge in [0.2, 0.25) is 0 Å². The minimum atomic E-state index is -4.40. The van der Waals surface area contributed by atoms with Crippen LogP contribution in [0.3, 0.4) is 0 Å². The lowest BCUT2D eigenvalue weighted by molar-refractivity contribution is -0.138. The lowest BCUT2D eigenvalue weighted by Gasteiger charge is -2.20. The SMILES string of the molecule is C[C@H](Nc1ncnc2[nH]ncc12)c1ccccc1C(F)(F)F. The molecule has 22 heavy (non-hydrogen) atoms. The van der Waals surface area contributed by atoms with E-state index in [9.17, 15) is 13.2 Å². The maximum atomic E-state index is 13.1. The third-order valence-electron chi connectivity index (χ3n) is 3.33. The normalized spacial score (nSPS) is 13.3. The maximum Gasteiger partial charge on any atom is 0.416 e. The van der Waals surface area contributed by atoms with Gasteiger partial charge in [0.1, 0.15) is 12.1 Å². The zero-order valence-electron chi connectivity index (χ0n) is 11.5. The molecule has 114 valence electrons. The second-order valence-corrected chi connectivity index (χ2v) is 4.81. The second-order valence-electron chi connectivity index (χ2n) is 4.81. The van der Waals surface area contributed by atoms with Crippen LogP contribution in [0.1, 0.15) is 24.1 Å². The van der Waals surface area contributed by atoms with Crippen LogP contribution in [0, 0.1) is 0 Å². The summed E-state index contributed by atoms with van der Waals surface area (Å²) in [4.78, 5) is 8.06. The Morgan fingerprint density at radius 2 is 1.95 bits per heavy atom. The first-order valence-electron chi connectivity index (χ1n) is 6.53. The van der Waals surface area contributed by atoms with Crippen LogP contribution in [0.2, 0.25) is 0 Å². The number of H-pyrrole nitrogens is 1. The van der Waals surface area contributed by atoms with Crippen molar-refractivity contribution < 1.29 is 13.2 Å². The van der Waals surface area contributed by atoms with Crippen LogP contribution in [-0.4, -0.2) is 20.2 Å². The number of aromatic nitrogens is 4. The Morgan fingerprint density at radius 3 is 2.73 bits per heavy atom. The molecular formula is C14H12F3N5. The van der Waals surface area contributed by atoms with Crippen LogP contribution in [0.4, 0.5) is 19.0 Å². The zero-order chi connectivity index (χ0) is 15.7. The number of fused-ring (bicyclic) bond motifs is 1. The summed E-state index contributed by atoms with van der Waals surface area (Å²) in [6, 6.07) is 4.90. The van der Waals surface area contributed by atoms with Gasteiger partial charge >= 0.3 is 6.18 Å². The minimum Gasteiger partial charge on any atom is -0.363 e. The maximum absolute atomic E-state index is 13.1. The highest BCUT2D eigenvalue weighted by molar-refractivity contribution is 5.85. The molecule has 3 rings (SSSR count). The van der Waals surface area contributed by atoms with Crippen molar-refractivity contribution in [1.29, 1.82) is 0 Å². The molecule has 1 aromatic carbocycles. The molecule has 1 atom stereocenters. The zero-order valence-corrected chi connectivity index (χ0v) is 11.5. The van der Waals surface area contributed by atoms with Crippen LogP contribution < -0.4 is 5.32 Å². The van der Waals surface area contributed by atoms with Crippen molar-refractivity contribution in [3.8, 4) is 0 Å². The quantitative estimate of drug-likeness (QED) is 0.776. The lowest BCUT2D eigenvalue weighted by Crippen LogP contribution is -2.15. The van der Waals surface area contributed by atoms with Gasteiger partial charge in [-0.15, -0.1) is 0 Å². The summed E-state index contributed by atoms with van der Waals surface area (Å²) in [6.45, 7) is 1.65. The summed E-state index contributed by atoms with van der Waals surface area (Å²) in [5.74, 6) is 0.434. The molecular weight excluding hydrogens is 295 g/mol. The van der Waals surface area contributed by atoms with Gasteiger partial charge in [0.05, 0.1) is 23.2 Å². The van der Waals surface area contributed by atoms with E-state index in [0.29, 0.717) is 16.9 Å². The van der Waals surface area contributed by atoms with Gasteiger partial charge < -0.3 is 5.32 Å². The number of alkyl halides is 3. The predicted molar refractivity (Wildman–Crippen MR) is 75.2 cm³/mol. The number of benzene rings is 1. The molecule has 0 spiro atoms. The molecule has 0 radical (unpaired) electrons. The number of aromatic amines is 1. The number of hydrogen-bond donors (Lipinski definition) is 2. The molecule has 0 fully saturated rings. The van der Waals surface area contributed by atoms with E-state index in [-0.39, 0.29) is 5.56 Å². The van der Waals surface area contributed by atoms with Gasteiger partial charge in [-0.2, -0.15) is 18.3 Å². The predicted octanol–water partition coefficient (Wildman–Crippen LogP) is 3.54. The standard InChI is InChI=1S/C14H12F3N5/c1-8(9-4-2-3-5-11(9)14(15,16)17)21-12-10-6-20-22-13(10)19-7-18-12/h2-8H,1H3,(H2,18,19,20,21,22)/t8-/m0/s1. The molecule has 3 aromatic rings. The highest BCUT2D eigenvalue weighted by atomic mass is 19.4. The minimum absolute atomic E-state index is 0.158. The van der Waals surface area contributed by atoms with E-state index in [1.54, 1.807) is 13.0 Å². The van der Waals surface area contributed by atoms with Crippen molar-refractivity contribution in [2.75, 3.05) is 5.32 Å². The number of nitrogens with zero attached hydrogens (tertiary/aromatic N) is 3. The summed E-state index contributed by atoms with van der Waals surface area (Å²) >= 11 is 0. The van der Waals surface area contributed by atoms with Crippen molar-refractivity contribution in [3.05, 3.63) is 47.9 Å². The Bertz CT molecular complexity index is 796. The average molecular weight is 307 g/mol. The number of nitrogens with one attached hydrogen (secondary N) is 2. The van der Waals surface area contributed by atoms with Gasteiger partial charge in [-0.3, -0.25) is 5.10 Å². The Morgan fingerprint density at radius 1 is 1.18 bits per heavy atom. The molecule has 2 heterocycles. The fraction of sp³-hybridized carbons (Fsp3) is 0.214. The molecule has 2 aromatic heterocycles. The monoisotopic (exact) mass is 307 g/mol. The molecule has 0 bridgehead atoms. The highest BCUT2D eigenvalue weighted by Gasteiger charge is 2.34. The van der Waals surface area contributed by atoms with E-state index in [4.69, 9.17) is 0 Å². The number of anilines is 1. The van der Waals surface area contributed by atoms with E-state index in [2.05, 4.69) is 25.5 Å². The lowest BCUT2D eigenvalue weighted by atomic mass is 10.0. The van der Waals surface area contributed by atoms with Crippen LogP contribution in [0.25, 0.3) is 11.0 Å². The average Bonchev–Trinajstić information content (AvgIpc) is 2.96. The van der Waals surface area contributed by atoms with Crippen LogP contribution in [0.5, 0.6) is 0 Å². The summed E-state index contributed by atoms with van der Waals surface area (Å²) in [5, 5.41) is 10.2. The van der Waals surface area contributed by atoms with E-state index < -0.39 is 17.8 Å². The van der Waals surface area contributed by atoms with E-state index in [1.165, 1.54) is 24.7 Å². The van der Waals surface area contributed by atoms with Crippen molar-refractivity contribution in [2.45, 2.75) is 19.1 Å². The molecule has 0 amide bonds. The van der Waals surface area contributed by atoms with Crippen molar-refractivity contribution >= 4 is 16.9 Å². The second kappa shape index (κ2) is 5.28. The third kappa shape index (κ3) is 2.59. The number of rotatable bonds is 3.